The van der Waals surface area contributed by atoms with Gasteiger partial charge in [0.25, 0.3) is 0 Å². The Bertz CT molecular complexity index is 711. The van der Waals surface area contributed by atoms with Crippen LogP contribution in [0.15, 0.2) is 0 Å². The predicted octanol–water partition coefficient (Wildman–Crippen LogP) is -2.48. The van der Waals surface area contributed by atoms with Crippen LogP contribution in [0.1, 0.15) is 0 Å². The molecular formula is C13H24N12O2. The number of nitrogens with two attached hydrogens (primary N) is 2. The molecule has 0 unspecified atom stereocenters. The van der Waals surface area contributed by atoms with Gasteiger partial charge in [-0.2, -0.15) is 29.9 Å². The number of hydrogen-bond donors (Lipinski definition) is 4. The quantitative estimate of drug-likeness (QED) is 0.353. The van der Waals surface area contributed by atoms with Gasteiger partial charge in [0, 0.05) is 28.2 Å². The second-order valence-corrected chi connectivity index (χ2v) is 5.80. The molecule has 2 aromatic heterocycles. The summed E-state index contributed by atoms with van der Waals surface area (Å²) < 4.78 is 0. The number of hydrogen-bond acceptors (Lipinski definition) is 14. The van der Waals surface area contributed by atoms with Crippen molar-refractivity contribution in [2.45, 2.75) is 0 Å². The molecule has 0 atom stereocenters. The summed E-state index contributed by atoms with van der Waals surface area (Å²) in [5.74, 6) is 1.15. The minimum atomic E-state index is -0.266. The van der Waals surface area contributed by atoms with Crippen LogP contribution in [0.4, 0.5) is 35.7 Å². The van der Waals surface area contributed by atoms with Gasteiger partial charge in [-0.25, -0.2) is 0 Å². The standard InChI is InChI=1S/C13H24N12O2/c1-22(10-16-8(14)18-12(20-10)24(3)6-26)5-23(2)11-17-9(15)19-13(21-11)25(4)7-27/h26-27H,5-7H2,1-4H3,(H2,14,16,18,20)(H2,15,17,19,21). The maximum Gasteiger partial charge on any atom is 0.233 e. The summed E-state index contributed by atoms with van der Waals surface area (Å²) in [6.45, 7) is -0.243. The summed E-state index contributed by atoms with van der Waals surface area (Å²) in [5, 5.41) is 18.5. The van der Waals surface area contributed by atoms with Gasteiger partial charge in [0.15, 0.2) is 0 Å². The summed E-state index contributed by atoms with van der Waals surface area (Å²) in [7, 11) is 6.74. The Labute approximate surface area is 156 Å². The molecular weight excluding hydrogens is 356 g/mol. The second kappa shape index (κ2) is 8.41. The molecule has 2 heterocycles. The molecule has 148 valence electrons. The number of aromatic nitrogens is 6. The molecule has 0 saturated heterocycles. The number of nitrogen functional groups attached to an aromatic ring is 2. The summed E-state index contributed by atoms with van der Waals surface area (Å²) in [6.07, 6.45) is 0. The number of nitrogens with zero attached hydrogens (tertiary/aromatic N) is 10. The van der Waals surface area contributed by atoms with Crippen LogP contribution in [-0.2, 0) is 0 Å². The third-order valence-corrected chi connectivity index (χ3v) is 3.47. The van der Waals surface area contributed by atoms with E-state index < -0.39 is 0 Å². The molecule has 0 amide bonds. The molecule has 14 nitrogen and oxygen atoms in total. The van der Waals surface area contributed by atoms with Crippen LogP contribution in [0, 0.1) is 0 Å². The normalized spacial score (nSPS) is 10.6. The van der Waals surface area contributed by atoms with Crippen molar-refractivity contribution in [2.24, 2.45) is 0 Å². The van der Waals surface area contributed by atoms with E-state index in [1.165, 1.54) is 9.80 Å². The Morgan fingerprint density at radius 2 is 0.889 bits per heavy atom. The number of aliphatic hydroxyl groups excluding tert-OH is 2. The zero-order valence-electron chi connectivity index (χ0n) is 15.6. The van der Waals surface area contributed by atoms with Crippen molar-refractivity contribution in [2.75, 3.05) is 79.4 Å². The van der Waals surface area contributed by atoms with E-state index in [1.807, 2.05) is 0 Å². The van der Waals surface area contributed by atoms with E-state index in [0.29, 0.717) is 11.9 Å². The Morgan fingerprint density at radius 3 is 1.19 bits per heavy atom. The topological polar surface area (TPSA) is 183 Å². The van der Waals surface area contributed by atoms with Crippen molar-refractivity contribution >= 4 is 35.7 Å². The fraction of sp³-hybridized carbons (Fsp3) is 0.538. The Kier molecular flexibility index (Phi) is 6.25. The lowest BCUT2D eigenvalue weighted by molar-refractivity contribution is 0.296. The highest BCUT2D eigenvalue weighted by atomic mass is 16.3. The van der Waals surface area contributed by atoms with Crippen molar-refractivity contribution < 1.29 is 10.2 Å². The fourth-order valence-corrected chi connectivity index (χ4v) is 1.99. The first-order chi connectivity index (χ1) is 12.7. The van der Waals surface area contributed by atoms with E-state index in [-0.39, 0.29) is 43.9 Å². The van der Waals surface area contributed by atoms with Crippen LogP contribution in [0.3, 0.4) is 0 Å². The minimum absolute atomic E-state index is 0.0288. The average Bonchev–Trinajstić information content (AvgIpc) is 2.65. The Morgan fingerprint density at radius 1 is 0.593 bits per heavy atom. The summed E-state index contributed by atoms with van der Waals surface area (Å²) in [5.41, 5.74) is 11.5. The molecule has 0 saturated carbocycles. The highest BCUT2D eigenvalue weighted by Crippen LogP contribution is 2.16. The lowest BCUT2D eigenvalue weighted by Gasteiger charge is -2.26. The highest BCUT2D eigenvalue weighted by Gasteiger charge is 2.16. The van der Waals surface area contributed by atoms with Gasteiger partial charge in [-0.3, -0.25) is 0 Å². The smallest absolute Gasteiger partial charge is 0.233 e. The van der Waals surface area contributed by atoms with Crippen molar-refractivity contribution in [1.82, 2.24) is 29.9 Å². The summed E-state index contributed by atoms with van der Waals surface area (Å²) in [6, 6.07) is 0. The van der Waals surface area contributed by atoms with Gasteiger partial charge in [-0.05, 0) is 0 Å². The Balaban J connectivity index is 2.22. The molecule has 0 aliphatic heterocycles. The van der Waals surface area contributed by atoms with Gasteiger partial charge in [-0.15, -0.1) is 0 Å². The molecule has 0 bridgehead atoms. The first-order valence-electron chi connectivity index (χ1n) is 7.84. The van der Waals surface area contributed by atoms with Crippen molar-refractivity contribution in [1.29, 1.82) is 0 Å². The number of rotatable bonds is 8. The van der Waals surface area contributed by atoms with Crippen LogP contribution < -0.4 is 31.1 Å². The van der Waals surface area contributed by atoms with Crippen LogP contribution in [0.2, 0.25) is 0 Å². The molecule has 0 aliphatic rings. The van der Waals surface area contributed by atoms with Crippen molar-refractivity contribution in [3.63, 3.8) is 0 Å². The third kappa shape index (κ3) is 4.89. The fourth-order valence-electron chi connectivity index (χ4n) is 1.99. The van der Waals surface area contributed by atoms with Gasteiger partial charge < -0.3 is 41.3 Å². The van der Waals surface area contributed by atoms with E-state index in [9.17, 15) is 10.2 Å². The van der Waals surface area contributed by atoms with Gasteiger partial charge in [0.05, 0.1) is 6.67 Å². The molecule has 14 heteroatoms. The van der Waals surface area contributed by atoms with Crippen LogP contribution in [0.5, 0.6) is 0 Å². The molecule has 2 rings (SSSR count). The van der Waals surface area contributed by atoms with E-state index >= 15 is 0 Å². The van der Waals surface area contributed by atoms with Gasteiger partial charge in [0.2, 0.25) is 35.7 Å². The summed E-state index contributed by atoms with van der Waals surface area (Å²) in [4.78, 5) is 30.9. The zero-order chi connectivity index (χ0) is 20.1. The molecule has 0 radical (unpaired) electrons. The molecule has 0 aliphatic carbocycles. The maximum atomic E-state index is 9.23. The average molecular weight is 380 g/mol. The van der Waals surface area contributed by atoms with Gasteiger partial charge in [0.1, 0.15) is 13.5 Å². The van der Waals surface area contributed by atoms with Gasteiger partial charge in [-0.1, -0.05) is 0 Å². The lowest BCUT2D eigenvalue weighted by Crippen LogP contribution is -2.36. The largest absolute Gasteiger partial charge is 0.376 e. The van der Waals surface area contributed by atoms with E-state index in [1.54, 1.807) is 38.0 Å². The first-order valence-corrected chi connectivity index (χ1v) is 7.84. The minimum Gasteiger partial charge on any atom is -0.376 e. The Hall–Kier alpha value is -3.26. The molecule has 0 fully saturated rings. The third-order valence-electron chi connectivity index (χ3n) is 3.47. The predicted molar refractivity (Wildman–Crippen MR) is 101 cm³/mol. The van der Waals surface area contributed by atoms with Crippen LogP contribution in [0.25, 0.3) is 0 Å². The van der Waals surface area contributed by atoms with Crippen LogP contribution in [-0.4, -0.2) is 88.4 Å². The van der Waals surface area contributed by atoms with E-state index in [2.05, 4.69) is 29.9 Å². The zero-order valence-corrected chi connectivity index (χ0v) is 15.6. The summed E-state index contributed by atoms with van der Waals surface area (Å²) >= 11 is 0. The number of aliphatic hydroxyl groups is 2. The first kappa shape index (κ1) is 20.1. The van der Waals surface area contributed by atoms with E-state index in [4.69, 9.17) is 11.5 Å². The second-order valence-electron chi connectivity index (χ2n) is 5.80. The molecule has 6 N–H and O–H groups in total. The highest BCUT2D eigenvalue weighted by molar-refractivity contribution is 5.46. The monoisotopic (exact) mass is 380 g/mol. The van der Waals surface area contributed by atoms with E-state index in [0.717, 1.165) is 0 Å². The maximum absolute atomic E-state index is 9.23. The molecule has 27 heavy (non-hydrogen) atoms. The molecule has 0 aromatic carbocycles. The lowest BCUT2D eigenvalue weighted by atomic mass is 10.6. The van der Waals surface area contributed by atoms with Gasteiger partial charge >= 0.3 is 0 Å². The van der Waals surface area contributed by atoms with Crippen molar-refractivity contribution in [3.8, 4) is 0 Å². The van der Waals surface area contributed by atoms with Crippen molar-refractivity contribution in [3.05, 3.63) is 0 Å². The SMILES string of the molecule is CN(CO)c1nc(N)nc(N(C)CN(C)c2nc(N)nc(N(C)CO)n2)n1. The molecule has 2 aromatic rings. The number of anilines is 6. The molecule has 0 spiro atoms. The van der Waals surface area contributed by atoms with Crippen LogP contribution >= 0.6 is 0 Å².